The van der Waals surface area contributed by atoms with Gasteiger partial charge in [0.05, 0.1) is 6.61 Å². The van der Waals surface area contributed by atoms with Gasteiger partial charge < -0.3 is 14.8 Å². The molecule has 2 aromatic rings. The summed E-state index contributed by atoms with van der Waals surface area (Å²) < 4.78 is 10.5. The van der Waals surface area contributed by atoms with Crippen LogP contribution in [-0.4, -0.2) is 24.6 Å². The van der Waals surface area contributed by atoms with E-state index >= 15 is 0 Å². The number of aryl methyl sites for hydroxylation is 1. The van der Waals surface area contributed by atoms with Crippen LogP contribution in [0.3, 0.4) is 0 Å². The number of esters is 1. The van der Waals surface area contributed by atoms with Crippen LogP contribution >= 0.6 is 11.3 Å². The van der Waals surface area contributed by atoms with Gasteiger partial charge in [0, 0.05) is 16.6 Å². The lowest BCUT2D eigenvalue weighted by Gasteiger charge is -2.12. The molecule has 0 aliphatic rings. The van der Waals surface area contributed by atoms with Crippen molar-refractivity contribution in [3.63, 3.8) is 0 Å². The molecule has 0 saturated heterocycles. The summed E-state index contributed by atoms with van der Waals surface area (Å²) in [7, 11) is 0. The quantitative estimate of drug-likeness (QED) is 0.599. The van der Waals surface area contributed by atoms with E-state index in [9.17, 15) is 9.59 Å². The Morgan fingerprint density at radius 3 is 2.56 bits per heavy atom. The maximum atomic E-state index is 12.1. The van der Waals surface area contributed by atoms with Crippen LogP contribution in [0.1, 0.15) is 24.3 Å². The van der Waals surface area contributed by atoms with Gasteiger partial charge in [0.2, 0.25) is 0 Å². The third-order valence-corrected chi connectivity index (χ3v) is 4.35. The third kappa shape index (κ3) is 5.76. The Hall–Kier alpha value is -2.60. The number of hydrogen-bond acceptors (Lipinski definition) is 5. The number of hydrogen-bond donors (Lipinski definition) is 1. The summed E-state index contributed by atoms with van der Waals surface area (Å²) in [6.07, 6.45) is 2.13. The highest BCUT2D eigenvalue weighted by molar-refractivity contribution is 7.11. The molecule has 1 atom stereocenters. The van der Waals surface area contributed by atoms with E-state index in [1.54, 1.807) is 30.3 Å². The molecule has 2 rings (SSSR count). The predicted molar refractivity (Wildman–Crippen MR) is 99.9 cm³/mol. The van der Waals surface area contributed by atoms with E-state index < -0.39 is 18.0 Å². The number of nitrogens with one attached hydrogen (secondary N) is 1. The minimum Gasteiger partial charge on any atom is -0.494 e. The summed E-state index contributed by atoms with van der Waals surface area (Å²) in [5, 5.41) is 4.65. The fourth-order valence-electron chi connectivity index (χ4n) is 2.01. The largest absolute Gasteiger partial charge is 0.494 e. The molecule has 0 aliphatic heterocycles. The van der Waals surface area contributed by atoms with Crippen molar-refractivity contribution >= 4 is 35.0 Å². The first-order valence-electron chi connectivity index (χ1n) is 7.96. The summed E-state index contributed by atoms with van der Waals surface area (Å²) >= 11 is 1.54. The fourth-order valence-corrected chi connectivity index (χ4v) is 2.83. The molecule has 5 nitrogen and oxygen atoms in total. The van der Waals surface area contributed by atoms with Crippen LogP contribution in [-0.2, 0) is 14.3 Å². The molecule has 0 aliphatic carbocycles. The van der Waals surface area contributed by atoms with Gasteiger partial charge in [-0.15, -0.1) is 11.3 Å². The average molecular weight is 359 g/mol. The Morgan fingerprint density at radius 1 is 1.24 bits per heavy atom. The molecule has 132 valence electrons. The predicted octanol–water partition coefficient (Wildman–Crippen LogP) is 4.04. The monoisotopic (exact) mass is 359 g/mol. The summed E-state index contributed by atoms with van der Waals surface area (Å²) in [6, 6.07) is 8.97. The van der Waals surface area contributed by atoms with Crippen LogP contribution in [0.2, 0.25) is 0 Å². The van der Waals surface area contributed by atoms with Crippen LogP contribution < -0.4 is 10.1 Å². The van der Waals surface area contributed by atoms with Gasteiger partial charge in [0.1, 0.15) is 5.75 Å². The zero-order valence-corrected chi connectivity index (χ0v) is 15.3. The van der Waals surface area contributed by atoms with Crippen molar-refractivity contribution < 1.29 is 19.1 Å². The Labute approximate surface area is 151 Å². The minimum absolute atomic E-state index is 0.391. The second kappa shape index (κ2) is 9.03. The van der Waals surface area contributed by atoms with Crippen molar-refractivity contribution in [3.05, 3.63) is 52.2 Å². The summed E-state index contributed by atoms with van der Waals surface area (Å²) in [5.74, 6) is -0.214. The first-order chi connectivity index (χ1) is 12.0. The number of carbonyl (C=O) groups excluding carboxylic acids is 2. The molecule has 6 heteroatoms. The molecule has 1 aromatic heterocycles. The fraction of sp³-hybridized carbons (Fsp3) is 0.263. The standard InChI is InChI=1S/C19H21NO4S/c1-4-23-16-7-5-15(6-8-16)20-19(22)14(3)24-18(21)10-9-17-13(2)11-12-25-17/h5-12,14H,4H2,1-3H3,(H,20,22)/b10-9+/t14-/m0/s1. The lowest BCUT2D eigenvalue weighted by molar-refractivity contribution is -0.148. The van der Waals surface area contributed by atoms with Crippen molar-refractivity contribution in [1.82, 2.24) is 0 Å². The van der Waals surface area contributed by atoms with Gasteiger partial charge in [0.15, 0.2) is 6.10 Å². The molecule has 0 saturated carbocycles. The molecular formula is C19H21NO4S. The molecule has 0 bridgehead atoms. The van der Waals surface area contributed by atoms with E-state index in [2.05, 4.69) is 5.32 Å². The first kappa shape index (κ1) is 18.7. The van der Waals surface area contributed by atoms with Gasteiger partial charge in [-0.25, -0.2) is 4.79 Å². The van der Waals surface area contributed by atoms with Crippen LogP contribution in [0.15, 0.2) is 41.8 Å². The summed E-state index contributed by atoms with van der Waals surface area (Å²) in [6.45, 7) is 5.98. The SMILES string of the molecule is CCOc1ccc(NC(=O)[C@H](C)OC(=O)/C=C/c2sccc2C)cc1. The normalized spacial score (nSPS) is 12.0. The van der Waals surface area contributed by atoms with Gasteiger partial charge >= 0.3 is 5.97 Å². The molecule has 0 fully saturated rings. The number of anilines is 1. The van der Waals surface area contributed by atoms with Gasteiger partial charge in [-0.2, -0.15) is 0 Å². The molecule has 0 radical (unpaired) electrons. The van der Waals surface area contributed by atoms with Crippen molar-refractivity contribution in [2.45, 2.75) is 26.9 Å². The zero-order chi connectivity index (χ0) is 18.2. The number of carbonyl (C=O) groups is 2. The molecule has 1 amide bonds. The number of benzene rings is 1. The lowest BCUT2D eigenvalue weighted by Crippen LogP contribution is -2.29. The highest BCUT2D eigenvalue weighted by Crippen LogP contribution is 2.18. The molecule has 1 N–H and O–H groups in total. The van der Waals surface area contributed by atoms with E-state index in [0.29, 0.717) is 12.3 Å². The van der Waals surface area contributed by atoms with E-state index in [1.807, 2.05) is 25.3 Å². The summed E-state index contributed by atoms with van der Waals surface area (Å²) in [5.41, 5.74) is 1.71. The smallest absolute Gasteiger partial charge is 0.331 e. The lowest BCUT2D eigenvalue weighted by atomic mass is 10.2. The molecule has 25 heavy (non-hydrogen) atoms. The molecular weight excluding hydrogens is 338 g/mol. The third-order valence-electron chi connectivity index (χ3n) is 3.37. The summed E-state index contributed by atoms with van der Waals surface area (Å²) in [4.78, 5) is 24.9. The number of amides is 1. The minimum atomic E-state index is -0.895. The molecule has 1 heterocycles. The van der Waals surface area contributed by atoms with Crippen LogP contribution in [0.4, 0.5) is 5.69 Å². The molecule has 0 spiro atoms. The van der Waals surface area contributed by atoms with Crippen molar-refractivity contribution in [1.29, 1.82) is 0 Å². The maximum absolute atomic E-state index is 12.1. The molecule has 0 unspecified atom stereocenters. The first-order valence-corrected chi connectivity index (χ1v) is 8.84. The zero-order valence-electron chi connectivity index (χ0n) is 14.4. The van der Waals surface area contributed by atoms with Crippen molar-refractivity contribution in [3.8, 4) is 5.75 Å². The van der Waals surface area contributed by atoms with Crippen molar-refractivity contribution in [2.24, 2.45) is 0 Å². The van der Waals surface area contributed by atoms with E-state index in [4.69, 9.17) is 9.47 Å². The van der Waals surface area contributed by atoms with Gasteiger partial charge in [-0.1, -0.05) is 0 Å². The number of thiophene rings is 1. The highest BCUT2D eigenvalue weighted by Gasteiger charge is 2.16. The van der Waals surface area contributed by atoms with Crippen LogP contribution in [0.5, 0.6) is 5.75 Å². The second-order valence-electron chi connectivity index (χ2n) is 5.33. The van der Waals surface area contributed by atoms with Crippen molar-refractivity contribution in [2.75, 3.05) is 11.9 Å². The van der Waals surface area contributed by atoms with Gasteiger partial charge in [-0.05, 0) is 68.1 Å². The second-order valence-corrected chi connectivity index (χ2v) is 6.27. The van der Waals surface area contributed by atoms with Crippen LogP contribution in [0.25, 0.3) is 6.08 Å². The van der Waals surface area contributed by atoms with Crippen LogP contribution in [0, 0.1) is 6.92 Å². The van der Waals surface area contributed by atoms with E-state index in [1.165, 1.54) is 24.3 Å². The van der Waals surface area contributed by atoms with E-state index in [-0.39, 0.29) is 0 Å². The Balaban J connectivity index is 1.86. The highest BCUT2D eigenvalue weighted by atomic mass is 32.1. The Morgan fingerprint density at radius 2 is 1.96 bits per heavy atom. The van der Waals surface area contributed by atoms with E-state index in [0.717, 1.165) is 16.2 Å². The molecule has 1 aromatic carbocycles. The Kier molecular flexibility index (Phi) is 6.77. The van der Waals surface area contributed by atoms with Gasteiger partial charge in [-0.3, -0.25) is 4.79 Å². The number of ether oxygens (including phenoxy) is 2. The number of rotatable bonds is 7. The average Bonchev–Trinajstić information content (AvgIpc) is 3.00. The van der Waals surface area contributed by atoms with Gasteiger partial charge in [0.25, 0.3) is 5.91 Å². The topological polar surface area (TPSA) is 64.6 Å². The Bertz CT molecular complexity index is 749. The maximum Gasteiger partial charge on any atom is 0.331 e.